The summed E-state index contributed by atoms with van der Waals surface area (Å²) >= 11 is 7.41. The molecule has 2 rings (SSSR count). The molecule has 0 aliphatic rings. The Morgan fingerprint density at radius 2 is 2.17 bits per heavy atom. The van der Waals surface area contributed by atoms with Crippen LogP contribution in [-0.2, 0) is 0 Å². The summed E-state index contributed by atoms with van der Waals surface area (Å²) in [5.74, 6) is 0.325. The molecule has 0 spiro atoms. The summed E-state index contributed by atoms with van der Waals surface area (Å²) in [6.07, 6.45) is 0. The van der Waals surface area contributed by atoms with E-state index in [1.165, 1.54) is 8.27 Å². The molecule has 0 amide bonds. The highest BCUT2D eigenvalue weighted by molar-refractivity contribution is 14.1. The summed E-state index contributed by atoms with van der Waals surface area (Å²) in [5.41, 5.74) is 0. The fourth-order valence-corrected chi connectivity index (χ4v) is 3.52. The van der Waals surface area contributed by atoms with E-state index in [9.17, 15) is 5.11 Å². The monoisotopic (exact) mass is 354 g/mol. The van der Waals surface area contributed by atoms with Gasteiger partial charge >= 0.3 is 0 Å². The van der Waals surface area contributed by atoms with Crippen LogP contribution in [0.1, 0.15) is 0 Å². The van der Waals surface area contributed by atoms with Gasteiger partial charge < -0.3 is 5.11 Å². The van der Waals surface area contributed by atoms with E-state index in [1.807, 2.05) is 6.07 Å². The van der Waals surface area contributed by atoms with Crippen molar-refractivity contribution in [3.63, 3.8) is 0 Å². The quantitative estimate of drug-likeness (QED) is 0.709. The summed E-state index contributed by atoms with van der Waals surface area (Å²) in [5, 5.41) is 10.4. The highest BCUT2D eigenvalue weighted by Crippen LogP contribution is 2.37. The van der Waals surface area contributed by atoms with E-state index in [-0.39, 0.29) is 0 Å². The zero-order valence-electron chi connectivity index (χ0n) is 5.84. The molecule has 0 saturated heterocycles. The van der Waals surface area contributed by atoms with Crippen LogP contribution in [0.5, 0.6) is 5.75 Å². The van der Waals surface area contributed by atoms with Crippen LogP contribution in [0, 0.1) is 3.57 Å². The van der Waals surface area contributed by atoms with Crippen molar-refractivity contribution in [2.75, 3.05) is 0 Å². The number of phenolic OH excluding ortho intramolecular Hbond substituents is 1. The molecule has 1 aromatic carbocycles. The van der Waals surface area contributed by atoms with E-state index in [4.69, 9.17) is 0 Å². The Morgan fingerprint density at radius 3 is 2.92 bits per heavy atom. The molecule has 12 heavy (non-hydrogen) atoms. The lowest BCUT2D eigenvalue weighted by molar-refractivity contribution is 0.476. The molecule has 0 aliphatic carbocycles. The molecule has 0 bridgehead atoms. The van der Waals surface area contributed by atoms with Crippen LogP contribution >= 0.6 is 49.9 Å². The first-order valence-electron chi connectivity index (χ1n) is 3.25. The summed E-state index contributed by atoms with van der Waals surface area (Å²) in [6.45, 7) is 0. The van der Waals surface area contributed by atoms with Crippen LogP contribution in [0.25, 0.3) is 10.1 Å². The van der Waals surface area contributed by atoms with Gasteiger partial charge in [-0.3, -0.25) is 0 Å². The van der Waals surface area contributed by atoms with Gasteiger partial charge in [0.05, 0.1) is 3.79 Å². The summed E-state index contributed by atoms with van der Waals surface area (Å²) in [4.78, 5) is 0. The predicted molar refractivity (Wildman–Crippen MR) is 63.9 cm³/mol. The van der Waals surface area contributed by atoms with Crippen molar-refractivity contribution in [1.29, 1.82) is 0 Å². The van der Waals surface area contributed by atoms with Crippen LogP contribution in [0.4, 0.5) is 0 Å². The first-order chi connectivity index (χ1) is 5.68. The van der Waals surface area contributed by atoms with Gasteiger partial charge in [-0.15, -0.1) is 11.3 Å². The minimum absolute atomic E-state index is 0.325. The molecule has 4 heteroatoms. The van der Waals surface area contributed by atoms with Gasteiger partial charge in [-0.2, -0.15) is 0 Å². The van der Waals surface area contributed by atoms with E-state index < -0.39 is 0 Å². The second kappa shape index (κ2) is 3.16. The van der Waals surface area contributed by atoms with Gasteiger partial charge in [0.15, 0.2) is 0 Å². The summed E-state index contributed by atoms with van der Waals surface area (Å²) < 4.78 is 3.50. The molecular formula is C8H4BrIOS. The van der Waals surface area contributed by atoms with Gasteiger partial charge in [0.2, 0.25) is 0 Å². The van der Waals surface area contributed by atoms with Crippen molar-refractivity contribution < 1.29 is 5.11 Å². The standard InChI is InChI=1S/C8H4BrIOS/c9-8-7(10)5-3-4(11)1-2-6(5)12-8/h1-3,11H. The van der Waals surface area contributed by atoms with Crippen molar-refractivity contribution in [1.82, 2.24) is 0 Å². The molecule has 0 radical (unpaired) electrons. The molecule has 62 valence electrons. The van der Waals surface area contributed by atoms with Crippen molar-refractivity contribution in [2.24, 2.45) is 0 Å². The maximum absolute atomic E-state index is 9.25. The maximum Gasteiger partial charge on any atom is 0.116 e. The minimum Gasteiger partial charge on any atom is -0.508 e. The van der Waals surface area contributed by atoms with Crippen LogP contribution in [0.15, 0.2) is 22.0 Å². The van der Waals surface area contributed by atoms with Crippen LogP contribution < -0.4 is 0 Å². The van der Waals surface area contributed by atoms with E-state index in [1.54, 1.807) is 23.5 Å². The second-order valence-electron chi connectivity index (χ2n) is 2.37. The summed E-state index contributed by atoms with van der Waals surface area (Å²) in [6, 6.07) is 5.43. The van der Waals surface area contributed by atoms with Crippen LogP contribution in [0.3, 0.4) is 0 Å². The van der Waals surface area contributed by atoms with Gasteiger partial charge in [0.1, 0.15) is 5.75 Å². The largest absolute Gasteiger partial charge is 0.508 e. The predicted octanol–water partition coefficient (Wildman–Crippen LogP) is 3.97. The number of hydrogen-bond donors (Lipinski definition) is 1. The number of phenols is 1. The Balaban J connectivity index is 2.88. The van der Waals surface area contributed by atoms with Gasteiger partial charge in [0, 0.05) is 13.7 Å². The number of aromatic hydroxyl groups is 1. The molecule has 0 fully saturated rings. The third-order valence-electron chi connectivity index (χ3n) is 1.57. The number of halogens is 2. The fraction of sp³-hybridized carbons (Fsp3) is 0. The lowest BCUT2D eigenvalue weighted by atomic mass is 10.2. The number of benzene rings is 1. The van der Waals surface area contributed by atoms with Crippen molar-refractivity contribution >= 4 is 59.9 Å². The minimum atomic E-state index is 0.325. The molecule has 1 heterocycles. The van der Waals surface area contributed by atoms with E-state index in [0.717, 1.165) is 9.17 Å². The number of hydrogen-bond acceptors (Lipinski definition) is 2. The molecular weight excluding hydrogens is 351 g/mol. The van der Waals surface area contributed by atoms with Crippen molar-refractivity contribution in [2.45, 2.75) is 0 Å². The average molecular weight is 355 g/mol. The molecule has 0 atom stereocenters. The fourth-order valence-electron chi connectivity index (χ4n) is 1.03. The normalized spacial score (nSPS) is 10.8. The molecule has 0 unspecified atom stereocenters. The Labute approximate surface area is 95.7 Å². The van der Waals surface area contributed by atoms with E-state index in [0.29, 0.717) is 5.75 Å². The maximum atomic E-state index is 9.25. The number of thiophene rings is 1. The first-order valence-corrected chi connectivity index (χ1v) is 5.94. The zero-order chi connectivity index (χ0) is 8.72. The van der Waals surface area contributed by atoms with E-state index in [2.05, 4.69) is 38.5 Å². The highest BCUT2D eigenvalue weighted by Gasteiger charge is 2.06. The Hall–Kier alpha value is 0.190. The molecule has 0 saturated carbocycles. The average Bonchev–Trinajstić information content (AvgIpc) is 2.31. The third-order valence-corrected chi connectivity index (χ3v) is 5.64. The molecule has 1 nitrogen and oxygen atoms in total. The molecule has 1 N–H and O–H groups in total. The lowest BCUT2D eigenvalue weighted by Gasteiger charge is -1.91. The Morgan fingerprint density at radius 1 is 1.42 bits per heavy atom. The Kier molecular flexibility index (Phi) is 2.31. The second-order valence-corrected chi connectivity index (χ2v) is 5.82. The van der Waals surface area contributed by atoms with Gasteiger partial charge in [-0.1, -0.05) is 0 Å². The van der Waals surface area contributed by atoms with Gasteiger partial charge in [-0.05, 0) is 56.7 Å². The SMILES string of the molecule is Oc1ccc2sc(Br)c(I)c2c1. The topological polar surface area (TPSA) is 20.2 Å². The third kappa shape index (κ3) is 1.36. The van der Waals surface area contributed by atoms with Crippen molar-refractivity contribution in [3.8, 4) is 5.75 Å². The molecule has 0 aliphatic heterocycles. The Bertz CT molecular complexity index is 438. The smallest absolute Gasteiger partial charge is 0.116 e. The van der Waals surface area contributed by atoms with E-state index >= 15 is 0 Å². The first kappa shape index (κ1) is 8.77. The zero-order valence-corrected chi connectivity index (χ0v) is 10.4. The van der Waals surface area contributed by atoms with Crippen molar-refractivity contribution in [3.05, 3.63) is 25.6 Å². The summed E-state index contributed by atoms with van der Waals surface area (Å²) in [7, 11) is 0. The van der Waals surface area contributed by atoms with Crippen LogP contribution in [-0.4, -0.2) is 5.11 Å². The lowest BCUT2D eigenvalue weighted by Crippen LogP contribution is -1.67. The molecule has 2 aromatic rings. The molecule has 1 aromatic heterocycles. The van der Waals surface area contributed by atoms with Gasteiger partial charge in [0.25, 0.3) is 0 Å². The number of rotatable bonds is 0. The number of fused-ring (bicyclic) bond motifs is 1. The van der Waals surface area contributed by atoms with Gasteiger partial charge in [-0.25, -0.2) is 0 Å². The van der Waals surface area contributed by atoms with Crippen LogP contribution in [0.2, 0.25) is 0 Å². The highest BCUT2D eigenvalue weighted by atomic mass is 127.